The number of benzene rings is 1. The lowest BCUT2D eigenvalue weighted by Gasteiger charge is -2.10. The Morgan fingerprint density at radius 2 is 2.10 bits per heavy atom. The van der Waals surface area contributed by atoms with E-state index >= 15 is 0 Å². The summed E-state index contributed by atoms with van der Waals surface area (Å²) in [4.78, 5) is 13.2. The Morgan fingerprint density at radius 1 is 1.28 bits per heavy atom. The highest BCUT2D eigenvalue weighted by Crippen LogP contribution is 2.32. The molecule has 0 saturated carbocycles. The molecule has 10 heteroatoms. The number of anilines is 1. The quantitative estimate of drug-likeness (QED) is 0.519. The number of alkyl halides is 3. The van der Waals surface area contributed by atoms with Gasteiger partial charge in [0, 0.05) is 30.3 Å². The molecule has 0 aliphatic carbocycles. The Kier molecular flexibility index (Phi) is 4.79. The van der Waals surface area contributed by atoms with Crippen LogP contribution in [0.1, 0.15) is 30.3 Å². The first-order chi connectivity index (χ1) is 13.8. The van der Waals surface area contributed by atoms with Crippen molar-refractivity contribution in [1.82, 2.24) is 24.9 Å². The van der Waals surface area contributed by atoms with Crippen molar-refractivity contribution in [3.63, 3.8) is 0 Å². The molecule has 0 atom stereocenters. The van der Waals surface area contributed by atoms with Crippen molar-refractivity contribution in [3.05, 3.63) is 53.6 Å². The zero-order valence-corrected chi connectivity index (χ0v) is 15.5. The Morgan fingerprint density at radius 3 is 2.83 bits per heavy atom. The fourth-order valence-electron chi connectivity index (χ4n) is 3.09. The summed E-state index contributed by atoms with van der Waals surface area (Å²) in [6.45, 7) is 3.21. The third kappa shape index (κ3) is 3.97. The number of nitrogen functional groups attached to an aromatic ring is 1. The lowest BCUT2D eigenvalue weighted by atomic mass is 10.1. The molecule has 2 aromatic heterocycles. The largest absolute Gasteiger partial charge is 0.416 e. The summed E-state index contributed by atoms with van der Waals surface area (Å²) in [6, 6.07) is 3.36. The van der Waals surface area contributed by atoms with Crippen molar-refractivity contribution in [3.8, 4) is 0 Å². The number of fused-ring (bicyclic) bond motifs is 1. The van der Waals surface area contributed by atoms with Crippen LogP contribution in [0.25, 0.3) is 11.2 Å². The lowest BCUT2D eigenvalue weighted by Crippen LogP contribution is -2.20. The Labute approximate surface area is 164 Å². The molecular formula is C19H18F3N7. The molecule has 1 aliphatic heterocycles. The summed E-state index contributed by atoms with van der Waals surface area (Å²) < 4.78 is 40.8. The molecule has 4 rings (SSSR count). The van der Waals surface area contributed by atoms with Crippen LogP contribution in [-0.2, 0) is 6.18 Å². The maximum Gasteiger partial charge on any atom is 0.416 e. The van der Waals surface area contributed by atoms with Gasteiger partial charge >= 0.3 is 6.18 Å². The molecular weight excluding hydrogens is 383 g/mol. The van der Waals surface area contributed by atoms with Crippen LogP contribution in [0.15, 0.2) is 41.7 Å². The molecule has 0 bridgehead atoms. The van der Waals surface area contributed by atoms with Crippen LogP contribution in [0.2, 0.25) is 0 Å². The van der Waals surface area contributed by atoms with Crippen LogP contribution >= 0.6 is 0 Å². The van der Waals surface area contributed by atoms with Crippen LogP contribution in [0, 0.1) is 0 Å². The molecule has 1 aliphatic rings. The van der Waals surface area contributed by atoms with E-state index in [1.54, 1.807) is 17.6 Å². The van der Waals surface area contributed by atoms with Gasteiger partial charge in [0.1, 0.15) is 0 Å². The van der Waals surface area contributed by atoms with Crippen LogP contribution in [0.3, 0.4) is 0 Å². The maximum atomic E-state index is 13.1. The molecule has 29 heavy (non-hydrogen) atoms. The van der Waals surface area contributed by atoms with Crippen LogP contribution in [0.4, 0.5) is 24.7 Å². The minimum Gasteiger partial charge on any atom is -0.399 e. The number of nitrogens with zero attached hydrogens (tertiary/aromatic N) is 5. The summed E-state index contributed by atoms with van der Waals surface area (Å²) in [5.41, 5.74) is 6.92. The van der Waals surface area contributed by atoms with E-state index in [1.807, 2.05) is 6.08 Å². The molecule has 150 valence electrons. The summed E-state index contributed by atoms with van der Waals surface area (Å²) in [5.74, 6) is 0.867. The van der Waals surface area contributed by atoms with E-state index < -0.39 is 11.7 Å². The highest BCUT2D eigenvalue weighted by molar-refractivity contribution is 6.01. The highest BCUT2D eigenvalue weighted by atomic mass is 19.4. The number of halogens is 3. The number of aromatic nitrogens is 4. The van der Waals surface area contributed by atoms with E-state index in [0.717, 1.165) is 37.2 Å². The van der Waals surface area contributed by atoms with E-state index in [2.05, 4.69) is 25.4 Å². The number of nitrogens with two attached hydrogens (primary N) is 1. The van der Waals surface area contributed by atoms with Crippen LogP contribution in [-0.4, -0.2) is 38.4 Å². The van der Waals surface area contributed by atoms with Gasteiger partial charge in [0.2, 0.25) is 5.65 Å². The van der Waals surface area contributed by atoms with Gasteiger partial charge in [0.25, 0.3) is 0 Å². The average Bonchev–Trinajstić information content (AvgIpc) is 3.13. The Bertz CT molecular complexity index is 1130. The topological polar surface area (TPSA) is 93.5 Å². The SMILES string of the molecule is CC(=Nc1nccn2nc(C3=CCNCC3)nc12)c1cc(N)cc(C(F)(F)F)c1. The van der Waals surface area contributed by atoms with Crippen molar-refractivity contribution in [2.24, 2.45) is 4.99 Å². The molecule has 0 radical (unpaired) electrons. The predicted octanol–water partition coefficient (Wildman–Crippen LogP) is 3.24. The summed E-state index contributed by atoms with van der Waals surface area (Å²) in [7, 11) is 0. The van der Waals surface area contributed by atoms with E-state index in [1.165, 1.54) is 12.3 Å². The minimum atomic E-state index is -4.49. The van der Waals surface area contributed by atoms with Crippen LogP contribution < -0.4 is 11.1 Å². The standard InChI is InChI=1S/C19H18F3N7/c1-11(13-8-14(19(20,21)22)10-15(23)9-13)26-17-18-27-16(12-2-4-24-5-3-12)28-29(18)7-6-25-17/h2,6-10,24H,3-5,23H2,1H3. The fourth-order valence-corrected chi connectivity index (χ4v) is 3.09. The molecule has 3 N–H and O–H groups in total. The smallest absolute Gasteiger partial charge is 0.399 e. The second kappa shape index (κ2) is 7.28. The van der Waals surface area contributed by atoms with Gasteiger partial charge in [-0.2, -0.15) is 13.2 Å². The van der Waals surface area contributed by atoms with E-state index in [-0.39, 0.29) is 17.1 Å². The van der Waals surface area contributed by atoms with Crippen LogP contribution in [0.5, 0.6) is 0 Å². The van der Waals surface area contributed by atoms with Crippen molar-refractivity contribution in [2.45, 2.75) is 19.5 Å². The van der Waals surface area contributed by atoms with Gasteiger partial charge < -0.3 is 11.1 Å². The predicted molar refractivity (Wildman–Crippen MR) is 104 cm³/mol. The normalized spacial score (nSPS) is 15.6. The molecule has 0 spiro atoms. The lowest BCUT2D eigenvalue weighted by molar-refractivity contribution is -0.137. The second-order valence-electron chi connectivity index (χ2n) is 6.68. The number of nitrogens with one attached hydrogen (secondary N) is 1. The fraction of sp³-hybridized carbons (Fsp3) is 0.263. The summed E-state index contributed by atoms with van der Waals surface area (Å²) in [6.07, 6.45) is 1.53. The van der Waals surface area contributed by atoms with Crippen molar-refractivity contribution in [2.75, 3.05) is 18.8 Å². The second-order valence-corrected chi connectivity index (χ2v) is 6.68. The average molecular weight is 401 g/mol. The molecule has 3 heterocycles. The molecule has 0 fully saturated rings. The molecule has 7 nitrogen and oxygen atoms in total. The Balaban J connectivity index is 1.75. The highest BCUT2D eigenvalue weighted by Gasteiger charge is 2.31. The van der Waals surface area contributed by atoms with E-state index in [0.29, 0.717) is 17.2 Å². The van der Waals surface area contributed by atoms with Gasteiger partial charge in [0.15, 0.2) is 11.6 Å². The van der Waals surface area contributed by atoms with Gasteiger partial charge in [-0.15, -0.1) is 5.10 Å². The monoisotopic (exact) mass is 401 g/mol. The van der Waals surface area contributed by atoms with E-state index in [9.17, 15) is 13.2 Å². The molecule has 0 saturated heterocycles. The van der Waals surface area contributed by atoms with Gasteiger partial charge in [-0.25, -0.2) is 19.5 Å². The van der Waals surface area contributed by atoms with E-state index in [4.69, 9.17) is 5.73 Å². The maximum absolute atomic E-state index is 13.1. The van der Waals surface area contributed by atoms with Crippen molar-refractivity contribution in [1.29, 1.82) is 0 Å². The van der Waals surface area contributed by atoms with Gasteiger partial charge in [-0.3, -0.25) is 0 Å². The zero-order valence-electron chi connectivity index (χ0n) is 15.5. The third-order valence-corrected chi connectivity index (χ3v) is 4.56. The molecule has 0 unspecified atom stereocenters. The first-order valence-electron chi connectivity index (χ1n) is 8.96. The minimum absolute atomic E-state index is 0.0122. The summed E-state index contributed by atoms with van der Waals surface area (Å²) in [5, 5.41) is 7.70. The first kappa shape index (κ1) is 19.1. The van der Waals surface area contributed by atoms with Gasteiger partial charge in [-0.1, -0.05) is 6.08 Å². The van der Waals surface area contributed by atoms with Gasteiger partial charge in [0.05, 0.1) is 5.56 Å². The molecule has 1 aromatic carbocycles. The van der Waals surface area contributed by atoms with Crippen molar-refractivity contribution >= 4 is 28.4 Å². The molecule has 3 aromatic rings. The Hall–Kier alpha value is -3.27. The molecule has 0 amide bonds. The van der Waals surface area contributed by atoms with Crippen molar-refractivity contribution < 1.29 is 13.2 Å². The van der Waals surface area contributed by atoms with Gasteiger partial charge in [-0.05, 0) is 49.2 Å². The number of aliphatic imine (C=N–C) groups is 1. The third-order valence-electron chi connectivity index (χ3n) is 4.56. The zero-order chi connectivity index (χ0) is 20.6. The summed E-state index contributed by atoms with van der Waals surface area (Å²) >= 11 is 0. The number of hydrogen-bond donors (Lipinski definition) is 2. The number of hydrogen-bond acceptors (Lipinski definition) is 6. The number of rotatable bonds is 3. The first-order valence-corrected chi connectivity index (χ1v) is 8.96.